The zero-order chi connectivity index (χ0) is 14.2. The van der Waals surface area contributed by atoms with Gasteiger partial charge in [0.15, 0.2) is 0 Å². The molecule has 2 rings (SSSR count). The SMILES string of the molecule is C=C(C)CC1(C2C=CCC2)C(=O)NC(=O)N(C)C1=O. The molecule has 4 amide bonds. The molecule has 0 radical (unpaired) electrons. The smallest absolute Gasteiger partial charge is 0.277 e. The Labute approximate surface area is 112 Å². The molecule has 5 nitrogen and oxygen atoms in total. The highest BCUT2D eigenvalue weighted by Crippen LogP contribution is 2.43. The molecule has 2 atom stereocenters. The molecule has 1 saturated heterocycles. The second-order valence-corrected chi connectivity index (χ2v) is 5.34. The van der Waals surface area contributed by atoms with E-state index >= 15 is 0 Å². The third kappa shape index (κ3) is 1.99. The van der Waals surface area contributed by atoms with Gasteiger partial charge in [-0.2, -0.15) is 0 Å². The van der Waals surface area contributed by atoms with Crippen LogP contribution in [0.1, 0.15) is 26.2 Å². The summed E-state index contributed by atoms with van der Waals surface area (Å²) in [6.45, 7) is 5.61. The van der Waals surface area contributed by atoms with Crippen molar-refractivity contribution in [2.24, 2.45) is 11.3 Å². The number of rotatable bonds is 3. The lowest BCUT2D eigenvalue weighted by molar-refractivity contribution is -0.153. The number of nitrogens with one attached hydrogen (secondary N) is 1. The normalized spacial score (nSPS) is 30.7. The molecular weight excluding hydrogens is 244 g/mol. The number of amides is 4. The third-order valence-electron chi connectivity index (χ3n) is 3.84. The van der Waals surface area contributed by atoms with Gasteiger partial charge in [-0.3, -0.25) is 19.8 Å². The Morgan fingerprint density at radius 2 is 2.21 bits per heavy atom. The van der Waals surface area contributed by atoms with Gasteiger partial charge in [-0.1, -0.05) is 17.7 Å². The average Bonchev–Trinajstić information content (AvgIpc) is 2.86. The molecule has 1 aliphatic heterocycles. The van der Waals surface area contributed by atoms with Crippen LogP contribution < -0.4 is 5.32 Å². The van der Waals surface area contributed by atoms with E-state index in [1.807, 2.05) is 12.2 Å². The Morgan fingerprint density at radius 3 is 2.74 bits per heavy atom. The van der Waals surface area contributed by atoms with E-state index in [4.69, 9.17) is 0 Å². The molecule has 1 heterocycles. The molecule has 1 aliphatic carbocycles. The molecule has 0 bridgehead atoms. The van der Waals surface area contributed by atoms with Gasteiger partial charge < -0.3 is 0 Å². The fourth-order valence-electron chi connectivity index (χ4n) is 2.91. The van der Waals surface area contributed by atoms with Crippen LogP contribution in [0.3, 0.4) is 0 Å². The zero-order valence-corrected chi connectivity index (χ0v) is 11.2. The van der Waals surface area contributed by atoms with Gasteiger partial charge in [-0.25, -0.2) is 4.79 Å². The van der Waals surface area contributed by atoms with Crippen LogP contribution in [-0.2, 0) is 9.59 Å². The maximum atomic E-state index is 12.6. The first kappa shape index (κ1) is 13.5. The lowest BCUT2D eigenvalue weighted by Crippen LogP contribution is -2.64. The first-order valence-electron chi connectivity index (χ1n) is 6.34. The monoisotopic (exact) mass is 262 g/mol. The minimum absolute atomic E-state index is 0.174. The minimum atomic E-state index is -1.22. The van der Waals surface area contributed by atoms with Crippen molar-refractivity contribution in [3.05, 3.63) is 24.3 Å². The first-order chi connectivity index (χ1) is 8.89. The molecule has 2 aliphatic rings. The molecule has 19 heavy (non-hydrogen) atoms. The standard InChI is InChI=1S/C14H18N2O3/c1-9(2)8-14(10-6-4-5-7-10)11(17)15-13(19)16(3)12(14)18/h4,6,10H,1,5,7-8H2,2-3H3,(H,15,17,19). The van der Waals surface area contributed by atoms with Crippen molar-refractivity contribution < 1.29 is 14.4 Å². The van der Waals surface area contributed by atoms with Crippen LogP contribution >= 0.6 is 0 Å². The van der Waals surface area contributed by atoms with E-state index < -0.39 is 23.3 Å². The maximum absolute atomic E-state index is 12.6. The highest BCUT2D eigenvalue weighted by Gasteiger charge is 2.56. The van der Waals surface area contributed by atoms with Crippen molar-refractivity contribution in [2.75, 3.05) is 7.05 Å². The van der Waals surface area contributed by atoms with Gasteiger partial charge >= 0.3 is 6.03 Å². The van der Waals surface area contributed by atoms with Crippen LogP contribution in [0.4, 0.5) is 4.79 Å². The van der Waals surface area contributed by atoms with E-state index in [1.165, 1.54) is 7.05 Å². The van der Waals surface area contributed by atoms with Gasteiger partial charge in [0.2, 0.25) is 11.8 Å². The van der Waals surface area contributed by atoms with Crippen LogP contribution in [0.15, 0.2) is 24.3 Å². The molecule has 0 aromatic carbocycles. The Bertz CT molecular complexity index is 495. The summed E-state index contributed by atoms with van der Waals surface area (Å²) >= 11 is 0. The van der Waals surface area contributed by atoms with E-state index in [0.717, 1.165) is 23.3 Å². The summed E-state index contributed by atoms with van der Waals surface area (Å²) in [7, 11) is 1.40. The number of carbonyl (C=O) groups is 3. The van der Waals surface area contributed by atoms with Crippen LogP contribution in [0.2, 0.25) is 0 Å². The highest BCUT2D eigenvalue weighted by molar-refractivity contribution is 6.19. The Morgan fingerprint density at radius 1 is 1.53 bits per heavy atom. The quantitative estimate of drug-likeness (QED) is 0.620. The van der Waals surface area contributed by atoms with Crippen molar-refractivity contribution in [2.45, 2.75) is 26.2 Å². The molecule has 2 unspecified atom stereocenters. The summed E-state index contributed by atoms with van der Waals surface area (Å²) in [5.41, 5.74) is -0.465. The Balaban J connectivity index is 2.48. The fourth-order valence-corrected chi connectivity index (χ4v) is 2.91. The molecule has 102 valence electrons. The molecule has 0 saturated carbocycles. The van der Waals surface area contributed by atoms with Crippen LogP contribution in [0, 0.1) is 11.3 Å². The Kier molecular flexibility index (Phi) is 3.30. The Hall–Kier alpha value is -1.91. The van der Waals surface area contributed by atoms with Crippen LogP contribution in [-0.4, -0.2) is 29.8 Å². The number of hydrogen-bond acceptors (Lipinski definition) is 3. The predicted molar refractivity (Wildman–Crippen MR) is 70.0 cm³/mol. The van der Waals surface area contributed by atoms with Crippen LogP contribution in [0.25, 0.3) is 0 Å². The fraction of sp³-hybridized carbons (Fsp3) is 0.500. The summed E-state index contributed by atoms with van der Waals surface area (Å²) in [5.74, 6) is -1.10. The van der Waals surface area contributed by atoms with E-state index in [0.29, 0.717) is 0 Å². The third-order valence-corrected chi connectivity index (χ3v) is 3.84. The maximum Gasteiger partial charge on any atom is 0.330 e. The molecule has 1 fully saturated rings. The van der Waals surface area contributed by atoms with Gasteiger partial charge in [0, 0.05) is 13.0 Å². The summed E-state index contributed by atoms with van der Waals surface area (Å²) in [5, 5.41) is 2.28. The second-order valence-electron chi connectivity index (χ2n) is 5.34. The van der Waals surface area contributed by atoms with Crippen molar-refractivity contribution in [3.8, 4) is 0 Å². The van der Waals surface area contributed by atoms with E-state index in [1.54, 1.807) is 6.92 Å². The van der Waals surface area contributed by atoms with Crippen LogP contribution in [0.5, 0.6) is 0 Å². The number of nitrogens with zero attached hydrogens (tertiary/aromatic N) is 1. The average molecular weight is 262 g/mol. The number of hydrogen-bond donors (Lipinski definition) is 1. The minimum Gasteiger partial charge on any atom is -0.277 e. The molecule has 0 aromatic rings. The summed E-state index contributed by atoms with van der Waals surface area (Å²) in [6.07, 6.45) is 5.74. The summed E-state index contributed by atoms with van der Waals surface area (Å²) in [4.78, 5) is 37.4. The largest absolute Gasteiger partial charge is 0.330 e. The number of carbonyl (C=O) groups excluding carboxylic acids is 3. The van der Waals surface area contributed by atoms with Crippen molar-refractivity contribution in [3.63, 3.8) is 0 Å². The van der Waals surface area contributed by atoms with Crippen molar-refractivity contribution in [1.29, 1.82) is 0 Å². The topological polar surface area (TPSA) is 66.5 Å². The molecule has 5 heteroatoms. The van der Waals surface area contributed by atoms with Gasteiger partial charge in [-0.15, -0.1) is 6.58 Å². The van der Waals surface area contributed by atoms with Gasteiger partial charge in [0.05, 0.1) is 0 Å². The molecular formula is C14H18N2O3. The second kappa shape index (κ2) is 4.64. The number of barbiturate groups is 1. The number of imide groups is 2. The van der Waals surface area contributed by atoms with Crippen molar-refractivity contribution >= 4 is 17.8 Å². The number of urea groups is 1. The van der Waals surface area contributed by atoms with Crippen molar-refractivity contribution in [1.82, 2.24) is 10.2 Å². The molecule has 0 spiro atoms. The zero-order valence-electron chi connectivity index (χ0n) is 11.2. The highest BCUT2D eigenvalue weighted by atomic mass is 16.2. The lowest BCUT2D eigenvalue weighted by Gasteiger charge is -2.41. The van der Waals surface area contributed by atoms with Gasteiger partial charge in [0.25, 0.3) is 0 Å². The number of allylic oxidation sites excluding steroid dienone is 3. The predicted octanol–water partition coefficient (Wildman–Crippen LogP) is 1.61. The van der Waals surface area contributed by atoms with Gasteiger partial charge in [-0.05, 0) is 26.2 Å². The molecule has 1 N–H and O–H groups in total. The summed E-state index contributed by atoms with van der Waals surface area (Å²) in [6, 6.07) is -0.658. The molecule has 0 aromatic heterocycles. The first-order valence-corrected chi connectivity index (χ1v) is 6.34. The van der Waals surface area contributed by atoms with Gasteiger partial charge in [0.1, 0.15) is 5.41 Å². The van der Waals surface area contributed by atoms with E-state index in [9.17, 15) is 14.4 Å². The summed E-state index contributed by atoms with van der Waals surface area (Å²) < 4.78 is 0. The lowest BCUT2D eigenvalue weighted by atomic mass is 9.68. The van der Waals surface area contributed by atoms with E-state index in [2.05, 4.69) is 11.9 Å². The van der Waals surface area contributed by atoms with E-state index in [-0.39, 0.29) is 12.3 Å².